The number of hydrogen-bond donors (Lipinski definition) is 3. The Morgan fingerprint density at radius 3 is 2.55 bits per heavy atom. The number of carbonyl (C=O) groups excluding carboxylic acids is 1. The highest BCUT2D eigenvalue weighted by molar-refractivity contribution is 7.81. The molecule has 31 heavy (non-hydrogen) atoms. The van der Waals surface area contributed by atoms with E-state index in [-0.39, 0.29) is 12.0 Å². The summed E-state index contributed by atoms with van der Waals surface area (Å²) in [4.78, 5) is 12.2. The number of unbranched alkanes of at least 4 members (excludes halogenated alkanes) is 1. The van der Waals surface area contributed by atoms with Gasteiger partial charge < -0.3 is 9.47 Å². The number of amides is 1. The molecule has 6 heteroatoms. The molecule has 3 rings (SSSR count). The lowest BCUT2D eigenvalue weighted by atomic mass is 9.89. The van der Waals surface area contributed by atoms with Crippen LogP contribution in [-0.2, 0) is 11.2 Å². The highest BCUT2D eigenvalue weighted by Crippen LogP contribution is 2.37. The molecule has 5 nitrogen and oxygen atoms in total. The molecule has 2 unspecified atom stereocenters. The lowest BCUT2D eigenvalue weighted by molar-refractivity contribution is -0.129. The number of hydrogen-bond acceptors (Lipinski definition) is 5. The number of aryl methyl sites for hydroxylation is 1. The van der Waals surface area contributed by atoms with Gasteiger partial charge in [-0.1, -0.05) is 42.8 Å². The summed E-state index contributed by atoms with van der Waals surface area (Å²) < 4.78 is 11.7. The van der Waals surface area contributed by atoms with Gasteiger partial charge in [0.05, 0.1) is 18.5 Å². The van der Waals surface area contributed by atoms with Crippen molar-refractivity contribution in [2.75, 3.05) is 7.11 Å². The summed E-state index contributed by atoms with van der Waals surface area (Å²) in [6.45, 7) is 0. The van der Waals surface area contributed by atoms with Crippen LogP contribution in [0.15, 0.2) is 48.5 Å². The minimum Gasteiger partial charge on any atom is -0.493 e. The highest BCUT2D eigenvalue weighted by Gasteiger charge is 2.27. The normalized spacial score (nSPS) is 16.0. The molecule has 2 aromatic carbocycles. The molecule has 0 radical (unpaired) electrons. The van der Waals surface area contributed by atoms with Crippen LogP contribution in [0.1, 0.15) is 62.0 Å². The smallest absolute Gasteiger partial charge is 0.256 e. The monoisotopic (exact) mass is 443 g/mol. The predicted molar refractivity (Wildman–Crippen MR) is 125 cm³/mol. The molecule has 1 aliphatic carbocycles. The van der Waals surface area contributed by atoms with Gasteiger partial charge in [-0.3, -0.25) is 10.0 Å². The molecule has 2 N–H and O–H groups in total. The van der Waals surface area contributed by atoms with E-state index in [1.165, 1.54) is 18.4 Å². The average molecular weight is 444 g/mol. The van der Waals surface area contributed by atoms with E-state index in [9.17, 15) is 4.79 Å². The van der Waals surface area contributed by atoms with Crippen LogP contribution in [0.4, 0.5) is 0 Å². The number of thiol groups is 1. The van der Waals surface area contributed by atoms with Gasteiger partial charge in [-0.05, 0) is 68.2 Å². The Labute approximate surface area is 190 Å². The fourth-order valence-electron chi connectivity index (χ4n) is 4.30. The highest BCUT2D eigenvalue weighted by atomic mass is 32.1. The third-order valence-electron chi connectivity index (χ3n) is 6.05. The number of methoxy groups -OCH3 is 1. The molecule has 0 heterocycles. The van der Waals surface area contributed by atoms with Crippen LogP contribution in [-0.4, -0.2) is 29.6 Å². The lowest BCUT2D eigenvalue weighted by Crippen LogP contribution is -2.33. The number of nitrogens with one attached hydrogen (secondary N) is 1. The maximum absolute atomic E-state index is 12.2. The quantitative estimate of drug-likeness (QED) is 0.190. The van der Waals surface area contributed by atoms with Crippen molar-refractivity contribution in [3.8, 4) is 11.5 Å². The van der Waals surface area contributed by atoms with Crippen LogP contribution in [0.25, 0.3) is 0 Å². The fourth-order valence-corrected chi connectivity index (χ4v) is 4.67. The second-order valence-electron chi connectivity index (χ2n) is 8.19. The van der Waals surface area contributed by atoms with Crippen molar-refractivity contribution >= 4 is 18.5 Å². The Morgan fingerprint density at radius 2 is 1.87 bits per heavy atom. The topological polar surface area (TPSA) is 67.8 Å². The SMILES string of the molecule is COc1ccc(C(CCCCc2ccccc2)C(S)C(=O)NO)cc1OC1CCCC1. The van der Waals surface area contributed by atoms with Crippen LogP contribution >= 0.6 is 12.6 Å². The first-order valence-corrected chi connectivity index (χ1v) is 11.6. The van der Waals surface area contributed by atoms with Crippen molar-refractivity contribution in [1.82, 2.24) is 5.48 Å². The first-order chi connectivity index (χ1) is 15.1. The Morgan fingerprint density at radius 1 is 1.13 bits per heavy atom. The van der Waals surface area contributed by atoms with E-state index >= 15 is 0 Å². The molecule has 0 aromatic heterocycles. The van der Waals surface area contributed by atoms with Crippen molar-refractivity contribution in [3.05, 3.63) is 59.7 Å². The van der Waals surface area contributed by atoms with Gasteiger partial charge in [0.15, 0.2) is 11.5 Å². The summed E-state index contributed by atoms with van der Waals surface area (Å²) >= 11 is 4.54. The number of carbonyl (C=O) groups is 1. The largest absolute Gasteiger partial charge is 0.493 e. The summed E-state index contributed by atoms with van der Waals surface area (Å²) in [7, 11) is 1.64. The molecule has 0 spiro atoms. The van der Waals surface area contributed by atoms with E-state index in [1.807, 2.05) is 24.3 Å². The molecule has 0 bridgehead atoms. The minimum atomic E-state index is -0.658. The van der Waals surface area contributed by atoms with Crippen LogP contribution in [0.2, 0.25) is 0 Å². The zero-order valence-corrected chi connectivity index (χ0v) is 19.0. The van der Waals surface area contributed by atoms with Gasteiger partial charge >= 0.3 is 0 Å². The van der Waals surface area contributed by atoms with Crippen molar-refractivity contribution < 1.29 is 19.5 Å². The second-order valence-corrected chi connectivity index (χ2v) is 8.75. The summed E-state index contributed by atoms with van der Waals surface area (Å²) in [6.07, 6.45) is 8.43. The third-order valence-corrected chi connectivity index (χ3v) is 6.64. The molecule has 1 saturated carbocycles. The van der Waals surface area contributed by atoms with Gasteiger partial charge in [0.1, 0.15) is 0 Å². The molecule has 0 saturated heterocycles. The zero-order chi connectivity index (χ0) is 22.1. The summed E-state index contributed by atoms with van der Waals surface area (Å²) in [5.74, 6) is 0.764. The van der Waals surface area contributed by atoms with Crippen LogP contribution in [0, 0.1) is 0 Å². The van der Waals surface area contributed by atoms with E-state index in [4.69, 9.17) is 14.7 Å². The van der Waals surface area contributed by atoms with Gasteiger partial charge in [-0.25, -0.2) is 5.48 Å². The molecular formula is C25H33NO4S. The van der Waals surface area contributed by atoms with Crippen LogP contribution in [0.5, 0.6) is 11.5 Å². The molecule has 1 aliphatic rings. The van der Waals surface area contributed by atoms with E-state index in [2.05, 4.69) is 36.9 Å². The molecule has 1 fully saturated rings. The van der Waals surface area contributed by atoms with E-state index in [1.54, 1.807) is 12.6 Å². The summed E-state index contributed by atoms with van der Waals surface area (Å²) in [6, 6.07) is 16.2. The van der Waals surface area contributed by atoms with Crippen molar-refractivity contribution in [2.45, 2.75) is 68.6 Å². The zero-order valence-electron chi connectivity index (χ0n) is 18.1. The second kappa shape index (κ2) is 12.0. The van der Waals surface area contributed by atoms with Gasteiger partial charge in [0.2, 0.25) is 0 Å². The van der Waals surface area contributed by atoms with Crippen molar-refractivity contribution in [1.29, 1.82) is 0 Å². The standard InChI is InChI=1S/C25H33NO4S/c1-29-22-16-15-19(17-23(22)30-20-12-6-7-13-20)21(24(31)25(27)26-28)14-8-5-11-18-9-3-2-4-10-18/h2-4,9-10,15-17,20-21,24,28,31H,5-8,11-14H2,1H3,(H,26,27). The predicted octanol–water partition coefficient (Wildman–Crippen LogP) is 5.32. The molecule has 2 aromatic rings. The van der Waals surface area contributed by atoms with Gasteiger partial charge in [0.25, 0.3) is 5.91 Å². The van der Waals surface area contributed by atoms with Gasteiger partial charge in [-0.15, -0.1) is 0 Å². The Kier molecular flexibility index (Phi) is 9.10. The lowest BCUT2D eigenvalue weighted by Gasteiger charge is -2.24. The molecule has 0 aliphatic heterocycles. The molecule has 2 atom stereocenters. The Balaban J connectivity index is 1.73. The minimum absolute atomic E-state index is 0.150. The molecule has 1 amide bonds. The first-order valence-electron chi connectivity index (χ1n) is 11.1. The van der Waals surface area contributed by atoms with Crippen molar-refractivity contribution in [3.63, 3.8) is 0 Å². The van der Waals surface area contributed by atoms with Gasteiger partial charge in [-0.2, -0.15) is 12.6 Å². The van der Waals surface area contributed by atoms with Gasteiger partial charge in [0, 0.05) is 5.92 Å². The van der Waals surface area contributed by atoms with Crippen LogP contribution < -0.4 is 15.0 Å². The summed E-state index contributed by atoms with van der Waals surface area (Å²) in [5, 5.41) is 8.50. The third kappa shape index (κ3) is 6.65. The van der Waals surface area contributed by atoms with Crippen molar-refractivity contribution in [2.24, 2.45) is 0 Å². The molecular weight excluding hydrogens is 410 g/mol. The first kappa shape index (κ1) is 23.5. The number of benzene rings is 2. The van der Waals surface area contributed by atoms with Crippen LogP contribution in [0.3, 0.4) is 0 Å². The maximum Gasteiger partial charge on any atom is 0.256 e. The Bertz CT molecular complexity index is 824. The average Bonchev–Trinajstić information content (AvgIpc) is 3.32. The van der Waals surface area contributed by atoms with E-state index in [0.29, 0.717) is 11.5 Å². The fraction of sp³-hybridized carbons (Fsp3) is 0.480. The van der Waals surface area contributed by atoms with E-state index in [0.717, 1.165) is 44.1 Å². The Hall–Kier alpha value is -2.18. The number of ether oxygens (including phenoxy) is 2. The number of rotatable bonds is 11. The molecule has 168 valence electrons. The number of hydroxylamine groups is 1. The van der Waals surface area contributed by atoms with E-state index < -0.39 is 11.2 Å². The summed E-state index contributed by atoms with van der Waals surface area (Å²) in [5.41, 5.74) is 4.04. The maximum atomic E-state index is 12.2.